The molecule has 0 bridgehead atoms. The first-order valence-electron chi connectivity index (χ1n) is 31.8. The molecule has 0 heterocycles. The van der Waals surface area contributed by atoms with E-state index in [0.29, 0.717) is 34.6 Å². The smallest absolute Gasteiger partial charge is 0.308 e. The molecule has 0 unspecified atom stereocenters. The van der Waals surface area contributed by atoms with Crippen LogP contribution in [0.2, 0.25) is 5.02 Å². The number of benzene rings is 8. The number of methoxy groups -OCH3 is 1. The number of ether oxygens (including phenoxy) is 3. The molecule has 0 saturated heterocycles. The van der Waals surface area contributed by atoms with E-state index in [1.807, 2.05) is 205 Å². The number of carbonyl (C=O) groups excluding carboxylic acids is 9. The monoisotopic (exact) mass is 1470 g/mol. The fraction of sp³-hybridized carbons (Fsp3) is 0.314. The Morgan fingerprint density at radius 3 is 1.47 bits per heavy atom. The van der Waals surface area contributed by atoms with E-state index in [1.54, 1.807) is 84.7 Å². The molecule has 0 amide bonds. The number of hydrogen-bond donors (Lipinski definition) is 0. The number of aryl methyl sites for hydroxylation is 2. The van der Waals surface area contributed by atoms with Gasteiger partial charge in [0.05, 0.1) is 12.5 Å². The van der Waals surface area contributed by atoms with Gasteiger partial charge in [0, 0.05) is 74.7 Å². The Balaban J connectivity index is -0.00000108. The minimum atomic E-state index is -0.412. The molecule has 550 valence electrons. The van der Waals surface area contributed by atoms with Crippen molar-refractivity contribution in [3.05, 3.63) is 263 Å². The molecular weight excluding hydrogens is 1360 g/mol. The molecule has 0 radical (unpaired) electrons. The molecule has 0 atom stereocenters. The second kappa shape index (κ2) is 51.4. The summed E-state index contributed by atoms with van der Waals surface area (Å²) >= 11 is 14.1. The first kappa shape index (κ1) is 97.4. The van der Waals surface area contributed by atoms with E-state index in [2.05, 4.69) is 30.0 Å². The summed E-state index contributed by atoms with van der Waals surface area (Å²) in [5.74, 6) is 2.95. The largest absolute Gasteiger partial charge is 0.497 e. The van der Waals surface area contributed by atoms with Gasteiger partial charge in [-0.15, -0.1) is 29.9 Å². The second-order valence-corrected chi connectivity index (χ2v) is 26.6. The molecule has 102 heavy (non-hydrogen) atoms. The van der Waals surface area contributed by atoms with Crippen LogP contribution >= 0.6 is 46.7 Å². The van der Waals surface area contributed by atoms with Crippen LogP contribution in [0.1, 0.15) is 178 Å². The Morgan fingerprint density at radius 1 is 0.539 bits per heavy atom. The van der Waals surface area contributed by atoms with Gasteiger partial charge in [-0.3, -0.25) is 43.2 Å². The third-order valence-corrected chi connectivity index (χ3v) is 17.6. The number of fused-ring (bicyclic) bond motifs is 1. The first-order valence-corrected chi connectivity index (χ1v) is 34.5. The highest BCUT2D eigenvalue weighted by Crippen LogP contribution is 2.48. The van der Waals surface area contributed by atoms with E-state index < -0.39 is 5.41 Å². The standard InChI is InChI=1S/C12H10O2.C11H13ClO.C11H12OS.C11H12O.C10H12O.C9H10O2.C8H8OS.C6H11ClO.C5H8O2.3CH4/c1-9(13)14-12-7-6-10-4-2-3-5-11(10)8-12;1-8(13)11(2,3)9-4-6-10(12)7-5-9;1-3-8-13-11-7-5-4-6-10(11)9(2)12;1-9(12)11(7-8-11)10-5-3-2-4-6-10;1-7-5-4-6-8(2)10(7)9(3)11;1-7(10)8-4-3-5-9(6-8)11-2;1-7(9)10-8-5-3-2-4-6-8;1-5(8)6(2,3)4-7;1-3-4-7-5(2)6;;;/h2-8H,1H3;4-7H,1-3H3;3-7H,1,8H2,2H3;2-6H,7-8H2,1H3;4-6H,1-3H3;3-6H,1-2H3;2-6H,1H3;4H2,1-3H3;3H,1,4H2,2H3;3*1H4. The van der Waals surface area contributed by atoms with Crippen LogP contribution in [-0.2, 0) is 44.3 Å². The number of thioether (sulfide) groups is 2. The lowest BCUT2D eigenvalue weighted by Crippen LogP contribution is -2.26. The Kier molecular flexibility index (Phi) is 49.0. The summed E-state index contributed by atoms with van der Waals surface area (Å²) in [6, 6.07) is 61.3. The summed E-state index contributed by atoms with van der Waals surface area (Å²) in [6.45, 7) is 32.7. The summed E-state index contributed by atoms with van der Waals surface area (Å²) in [5, 5.41) is 3.05. The van der Waals surface area contributed by atoms with Crippen molar-refractivity contribution in [2.75, 3.05) is 25.3 Å². The zero-order chi connectivity index (χ0) is 74.9. The maximum Gasteiger partial charge on any atom is 0.308 e. The predicted molar refractivity (Wildman–Crippen MR) is 430 cm³/mol. The predicted octanol–water partition coefficient (Wildman–Crippen LogP) is 22.7. The molecule has 1 fully saturated rings. The molecule has 9 rings (SSSR count). The summed E-state index contributed by atoms with van der Waals surface area (Å²) < 4.78 is 14.4. The van der Waals surface area contributed by atoms with Gasteiger partial charge in [-0.2, -0.15) is 0 Å². The van der Waals surface area contributed by atoms with Crippen LogP contribution in [0.15, 0.2) is 229 Å². The van der Waals surface area contributed by atoms with Crippen molar-refractivity contribution in [1.82, 2.24) is 0 Å². The van der Waals surface area contributed by atoms with Crippen molar-refractivity contribution in [2.45, 2.75) is 160 Å². The maximum atomic E-state index is 11.3. The average Bonchev–Trinajstić information content (AvgIpc) is 1.61. The highest BCUT2D eigenvalue weighted by molar-refractivity contribution is 8.13. The topological polar surface area (TPSA) is 181 Å². The number of rotatable bonds is 17. The van der Waals surface area contributed by atoms with Gasteiger partial charge in [-0.1, -0.05) is 218 Å². The molecule has 16 heteroatoms. The SMILES string of the molecule is C.C.C.C=CCOC(C)=O.C=CCSc1ccccc1C(C)=O.CC(=O)C(C)(C)CCl.CC(=O)C(C)(C)c1ccc(Cl)cc1.CC(=O)C1(c2ccccc2)CC1.CC(=O)Oc1ccc2ccccc2c1.CC(=O)Sc1ccccc1.CC(=O)c1c(C)cccc1C.COc1cccc(C(C)=O)c1. The lowest BCUT2D eigenvalue weighted by atomic mass is 9.81. The summed E-state index contributed by atoms with van der Waals surface area (Å²) in [4.78, 5) is 99.7. The van der Waals surface area contributed by atoms with Crippen LogP contribution in [-0.4, -0.2) is 77.1 Å². The molecule has 0 spiro atoms. The Morgan fingerprint density at radius 2 is 1.06 bits per heavy atom. The molecule has 12 nitrogen and oxygen atoms in total. The second-order valence-electron chi connectivity index (χ2n) is 23.6. The van der Waals surface area contributed by atoms with Gasteiger partial charge in [0.2, 0.25) is 0 Å². The van der Waals surface area contributed by atoms with Gasteiger partial charge in [0.1, 0.15) is 35.5 Å². The molecule has 0 N–H and O–H groups in total. The van der Waals surface area contributed by atoms with E-state index in [0.717, 1.165) is 72.7 Å². The van der Waals surface area contributed by atoms with Gasteiger partial charge in [0.25, 0.3) is 0 Å². The van der Waals surface area contributed by atoms with E-state index in [1.165, 1.54) is 44.2 Å². The molecule has 1 aliphatic carbocycles. The third kappa shape index (κ3) is 37.8. The molecule has 0 aromatic heterocycles. The Bertz CT molecular complexity index is 3890. The zero-order valence-corrected chi connectivity index (χ0v) is 63.2. The lowest BCUT2D eigenvalue weighted by molar-refractivity contribution is -0.139. The van der Waals surface area contributed by atoms with Crippen molar-refractivity contribution < 1.29 is 57.4 Å². The number of alkyl halides is 1. The minimum Gasteiger partial charge on any atom is -0.497 e. The Labute approximate surface area is 627 Å². The van der Waals surface area contributed by atoms with E-state index in [-0.39, 0.29) is 79.1 Å². The first-order chi connectivity index (χ1) is 46.6. The van der Waals surface area contributed by atoms with E-state index in [9.17, 15) is 43.2 Å². The third-order valence-electron chi connectivity index (χ3n) is 14.8. The van der Waals surface area contributed by atoms with Crippen LogP contribution in [0.25, 0.3) is 10.8 Å². The van der Waals surface area contributed by atoms with Gasteiger partial charge >= 0.3 is 11.9 Å². The van der Waals surface area contributed by atoms with E-state index >= 15 is 0 Å². The van der Waals surface area contributed by atoms with Crippen LogP contribution in [0, 0.1) is 19.3 Å². The van der Waals surface area contributed by atoms with Gasteiger partial charge in [0.15, 0.2) is 22.5 Å². The van der Waals surface area contributed by atoms with Crippen molar-refractivity contribution in [3.63, 3.8) is 0 Å². The van der Waals surface area contributed by atoms with Crippen molar-refractivity contribution >= 4 is 109 Å². The summed E-state index contributed by atoms with van der Waals surface area (Å²) in [5.41, 5.74) is 5.84. The van der Waals surface area contributed by atoms with Gasteiger partial charge in [-0.25, -0.2) is 0 Å². The molecule has 8 aromatic carbocycles. The van der Waals surface area contributed by atoms with Crippen molar-refractivity contribution in [3.8, 4) is 11.5 Å². The quantitative estimate of drug-likeness (QED) is 0.0210. The normalized spacial score (nSPS) is 10.6. The average molecular weight is 1470 g/mol. The zero-order valence-electron chi connectivity index (χ0n) is 60.1. The van der Waals surface area contributed by atoms with Crippen molar-refractivity contribution in [1.29, 1.82) is 0 Å². The van der Waals surface area contributed by atoms with Gasteiger partial charge in [-0.05, 0) is 170 Å². The van der Waals surface area contributed by atoms with Crippen LogP contribution in [0.4, 0.5) is 0 Å². The molecule has 0 aliphatic heterocycles. The maximum absolute atomic E-state index is 11.3. The minimum absolute atomic E-state index is 0. The number of carbonyl (C=O) groups is 9. The number of esters is 2. The fourth-order valence-electron chi connectivity index (χ4n) is 8.36. The number of halogens is 2. The van der Waals surface area contributed by atoms with E-state index in [4.69, 9.17) is 32.7 Å². The van der Waals surface area contributed by atoms with Gasteiger partial charge < -0.3 is 14.2 Å². The summed E-state index contributed by atoms with van der Waals surface area (Å²) in [7, 11) is 1.58. The molecule has 8 aromatic rings. The number of ketones is 6. The highest BCUT2D eigenvalue weighted by atomic mass is 35.5. The van der Waals surface area contributed by atoms with Crippen LogP contribution < -0.4 is 9.47 Å². The Hall–Kier alpha value is -8.79. The highest BCUT2D eigenvalue weighted by Gasteiger charge is 2.48. The van der Waals surface area contributed by atoms with Crippen molar-refractivity contribution in [2.24, 2.45) is 5.41 Å². The number of Topliss-reactive ketones (excluding diaryl/α,β-unsaturated/α-hetero) is 6. The van der Waals surface area contributed by atoms with Crippen LogP contribution in [0.5, 0.6) is 11.5 Å². The molecule has 1 aliphatic rings. The number of hydrogen-bond acceptors (Lipinski definition) is 14. The lowest BCUT2D eigenvalue weighted by Gasteiger charge is -2.21. The fourth-order valence-corrected chi connectivity index (χ4v) is 10.1. The van der Waals surface area contributed by atoms with Crippen LogP contribution in [0.3, 0.4) is 0 Å². The summed E-state index contributed by atoms with van der Waals surface area (Å²) in [6.07, 6.45) is 5.43. The molecular formula is C86H108Cl2O12S2. The molecule has 1 saturated carbocycles.